The highest BCUT2D eigenvalue weighted by Crippen LogP contribution is 2.32. The van der Waals surface area contributed by atoms with Gasteiger partial charge in [0.25, 0.3) is 0 Å². The van der Waals surface area contributed by atoms with E-state index in [1.807, 2.05) is 12.1 Å². The number of allylic oxidation sites excluding steroid dienone is 1. The maximum atomic E-state index is 12.5. The molecule has 0 radical (unpaired) electrons. The van der Waals surface area contributed by atoms with Crippen molar-refractivity contribution in [3.63, 3.8) is 0 Å². The Kier molecular flexibility index (Phi) is 9.32. The number of hydrogen-bond acceptors (Lipinski definition) is 6. The van der Waals surface area contributed by atoms with E-state index in [0.29, 0.717) is 29.5 Å². The Morgan fingerprint density at radius 3 is 2.44 bits per heavy atom. The summed E-state index contributed by atoms with van der Waals surface area (Å²) in [6.45, 7) is 4.00. The minimum Gasteiger partial charge on any atom is -0.462 e. The lowest BCUT2D eigenvalue weighted by atomic mass is 9.80. The fraction of sp³-hybridized carbons (Fsp3) is 0.357. The van der Waals surface area contributed by atoms with Crippen LogP contribution in [-0.4, -0.2) is 18.5 Å². The van der Waals surface area contributed by atoms with Gasteiger partial charge in [0.05, 0.1) is 12.5 Å². The first-order valence-corrected chi connectivity index (χ1v) is 11.9. The number of anilines is 2. The molecule has 2 aromatic rings. The van der Waals surface area contributed by atoms with Crippen molar-refractivity contribution in [3.05, 3.63) is 72.3 Å². The van der Waals surface area contributed by atoms with Gasteiger partial charge in [-0.05, 0) is 85.9 Å². The number of hydrogen-bond donors (Lipinski definition) is 2. The molecule has 3 rings (SSSR count). The van der Waals surface area contributed by atoms with E-state index < -0.39 is 5.97 Å². The lowest BCUT2D eigenvalue weighted by Crippen LogP contribution is -2.25. The first-order valence-electron chi connectivity index (χ1n) is 11.9. The Morgan fingerprint density at radius 1 is 1.03 bits per heavy atom. The first-order chi connectivity index (χ1) is 16.4. The van der Waals surface area contributed by atoms with Crippen molar-refractivity contribution in [2.24, 2.45) is 11.8 Å². The summed E-state index contributed by atoms with van der Waals surface area (Å²) in [5.74, 6) is 0.581. The van der Waals surface area contributed by atoms with Gasteiger partial charge in [-0.3, -0.25) is 4.79 Å². The number of carbonyl (C=O) groups excluding carboxylic acids is 2. The average Bonchev–Trinajstić information content (AvgIpc) is 2.84. The second-order valence-electron chi connectivity index (χ2n) is 8.78. The molecule has 180 valence electrons. The zero-order valence-corrected chi connectivity index (χ0v) is 19.6. The normalized spacial score (nSPS) is 17.9. The molecule has 1 aliphatic rings. The number of carbonyl (C=O) groups is 2. The monoisotopic (exact) mass is 462 g/mol. The summed E-state index contributed by atoms with van der Waals surface area (Å²) >= 11 is 0. The molecule has 0 saturated heterocycles. The summed E-state index contributed by atoms with van der Waals surface area (Å²) < 4.78 is 10.8. The molecule has 1 aliphatic carbocycles. The van der Waals surface area contributed by atoms with E-state index in [2.05, 4.69) is 6.58 Å². The van der Waals surface area contributed by atoms with Gasteiger partial charge in [0.15, 0.2) is 0 Å². The molecule has 0 aliphatic heterocycles. The van der Waals surface area contributed by atoms with Crippen LogP contribution in [0, 0.1) is 11.8 Å². The van der Waals surface area contributed by atoms with Crippen molar-refractivity contribution in [1.29, 1.82) is 0 Å². The van der Waals surface area contributed by atoms with Gasteiger partial charge < -0.3 is 20.9 Å². The van der Waals surface area contributed by atoms with Gasteiger partial charge in [0, 0.05) is 23.9 Å². The van der Waals surface area contributed by atoms with E-state index in [0.717, 1.165) is 49.7 Å². The van der Waals surface area contributed by atoms with Crippen LogP contribution >= 0.6 is 0 Å². The summed E-state index contributed by atoms with van der Waals surface area (Å²) in [5.41, 5.74) is 14.5. The Morgan fingerprint density at radius 2 is 1.76 bits per heavy atom. The summed E-state index contributed by atoms with van der Waals surface area (Å²) in [4.78, 5) is 24.5. The van der Waals surface area contributed by atoms with Crippen LogP contribution in [0.15, 0.2) is 61.2 Å². The van der Waals surface area contributed by atoms with Crippen molar-refractivity contribution in [3.8, 4) is 5.75 Å². The van der Waals surface area contributed by atoms with Crippen LogP contribution in [0.5, 0.6) is 5.75 Å². The predicted octanol–water partition coefficient (Wildman–Crippen LogP) is 5.33. The number of benzene rings is 2. The molecule has 0 amide bonds. The van der Waals surface area contributed by atoms with Crippen LogP contribution in [0.2, 0.25) is 0 Å². The lowest BCUT2D eigenvalue weighted by molar-refractivity contribution is -0.140. The number of esters is 2. The first kappa shape index (κ1) is 25.1. The van der Waals surface area contributed by atoms with Crippen molar-refractivity contribution >= 4 is 29.4 Å². The van der Waals surface area contributed by atoms with Crippen molar-refractivity contribution in [2.75, 3.05) is 18.1 Å². The summed E-state index contributed by atoms with van der Waals surface area (Å²) in [7, 11) is 0. The lowest BCUT2D eigenvalue weighted by Gasteiger charge is -2.26. The van der Waals surface area contributed by atoms with Crippen molar-refractivity contribution in [2.45, 2.75) is 44.9 Å². The summed E-state index contributed by atoms with van der Waals surface area (Å²) in [6.07, 6.45) is 11.6. The van der Waals surface area contributed by atoms with Crippen LogP contribution in [0.4, 0.5) is 11.4 Å². The maximum Gasteiger partial charge on any atom is 0.330 e. The second kappa shape index (κ2) is 12.6. The topological polar surface area (TPSA) is 105 Å². The van der Waals surface area contributed by atoms with Crippen LogP contribution in [-0.2, 0) is 20.7 Å². The molecule has 34 heavy (non-hydrogen) atoms. The molecule has 0 bridgehead atoms. The molecule has 0 spiro atoms. The third kappa shape index (κ3) is 7.80. The zero-order valence-electron chi connectivity index (χ0n) is 19.6. The summed E-state index contributed by atoms with van der Waals surface area (Å²) in [5, 5.41) is 0. The van der Waals surface area contributed by atoms with Crippen LogP contribution in [0.25, 0.3) is 6.08 Å². The molecule has 1 fully saturated rings. The Bertz CT molecular complexity index is 1010. The van der Waals surface area contributed by atoms with Gasteiger partial charge in [-0.2, -0.15) is 0 Å². The van der Waals surface area contributed by atoms with Crippen molar-refractivity contribution in [1.82, 2.24) is 0 Å². The van der Waals surface area contributed by atoms with E-state index >= 15 is 0 Å². The van der Waals surface area contributed by atoms with Gasteiger partial charge in [-0.15, -0.1) is 6.58 Å². The van der Waals surface area contributed by atoms with E-state index in [-0.39, 0.29) is 18.5 Å². The van der Waals surface area contributed by atoms with Crippen LogP contribution < -0.4 is 16.2 Å². The predicted molar refractivity (Wildman–Crippen MR) is 136 cm³/mol. The largest absolute Gasteiger partial charge is 0.462 e. The quantitative estimate of drug-likeness (QED) is 0.163. The molecule has 0 unspecified atom stereocenters. The third-order valence-corrected chi connectivity index (χ3v) is 6.26. The van der Waals surface area contributed by atoms with Gasteiger partial charge in [0.2, 0.25) is 0 Å². The van der Waals surface area contributed by atoms with E-state index in [1.165, 1.54) is 6.08 Å². The molecule has 2 aromatic carbocycles. The standard InChI is InChI=1S/C28H34N2O4/c1-2-3-4-20-5-10-23(11-6-20)28(32)34-25-14-7-21(8-15-25)9-16-27(31)33-18-17-22-12-13-24(29)19-26(22)30/h2,7-9,12-16,19-20,23H,1,3-6,10-11,17-18,29-30H2/b16-9+. The van der Waals surface area contributed by atoms with E-state index in [1.54, 1.807) is 42.5 Å². The minimum atomic E-state index is -0.437. The van der Waals surface area contributed by atoms with Gasteiger partial charge in [-0.1, -0.05) is 24.3 Å². The van der Waals surface area contributed by atoms with Gasteiger partial charge >= 0.3 is 11.9 Å². The average molecular weight is 463 g/mol. The van der Waals surface area contributed by atoms with Crippen LogP contribution in [0.1, 0.15) is 49.7 Å². The molecule has 4 N–H and O–H groups in total. The Hall–Kier alpha value is -3.54. The number of ether oxygens (including phenoxy) is 2. The molecule has 0 aromatic heterocycles. The number of nitrogen functional groups attached to an aromatic ring is 2. The Balaban J connectivity index is 1.40. The van der Waals surface area contributed by atoms with Gasteiger partial charge in [0.1, 0.15) is 5.75 Å². The SMILES string of the molecule is C=CCCC1CCC(C(=O)Oc2ccc(/C=C/C(=O)OCCc3ccc(N)cc3N)cc2)CC1. The van der Waals surface area contributed by atoms with E-state index in [9.17, 15) is 9.59 Å². The number of nitrogens with two attached hydrogens (primary N) is 2. The smallest absolute Gasteiger partial charge is 0.330 e. The van der Waals surface area contributed by atoms with Crippen LogP contribution in [0.3, 0.4) is 0 Å². The Labute approximate surface area is 201 Å². The zero-order chi connectivity index (χ0) is 24.3. The fourth-order valence-electron chi connectivity index (χ4n) is 4.20. The fourth-order valence-corrected chi connectivity index (χ4v) is 4.20. The second-order valence-corrected chi connectivity index (χ2v) is 8.78. The molecular weight excluding hydrogens is 428 g/mol. The molecular formula is C28H34N2O4. The molecule has 0 atom stereocenters. The highest BCUT2D eigenvalue weighted by Gasteiger charge is 2.27. The molecule has 6 nitrogen and oxygen atoms in total. The van der Waals surface area contributed by atoms with E-state index in [4.69, 9.17) is 20.9 Å². The molecule has 6 heteroatoms. The molecule has 0 heterocycles. The highest BCUT2D eigenvalue weighted by atomic mass is 16.5. The molecule has 1 saturated carbocycles. The van der Waals surface area contributed by atoms with Crippen molar-refractivity contribution < 1.29 is 19.1 Å². The highest BCUT2D eigenvalue weighted by molar-refractivity contribution is 5.87. The van der Waals surface area contributed by atoms with Gasteiger partial charge in [-0.25, -0.2) is 4.79 Å². The maximum absolute atomic E-state index is 12.5. The third-order valence-electron chi connectivity index (χ3n) is 6.26. The minimum absolute atomic E-state index is 0.0297. The number of rotatable bonds is 10. The summed E-state index contributed by atoms with van der Waals surface area (Å²) in [6, 6.07) is 12.4.